The molecule has 0 bridgehead atoms. The first-order valence-corrected chi connectivity index (χ1v) is 7.34. The summed E-state index contributed by atoms with van der Waals surface area (Å²) in [5.74, 6) is -0.513. The van der Waals surface area contributed by atoms with Crippen molar-refractivity contribution in [1.29, 1.82) is 0 Å². The lowest BCUT2D eigenvalue weighted by Gasteiger charge is -2.10. The maximum Gasteiger partial charge on any atom is 0.337 e. The fourth-order valence-corrected chi connectivity index (χ4v) is 3.05. The van der Waals surface area contributed by atoms with Crippen LogP contribution >= 0.6 is 24.0 Å². The summed E-state index contributed by atoms with van der Waals surface area (Å²) in [5.41, 5.74) is 1.29. The predicted octanol–water partition coefficient (Wildman–Crippen LogP) is 2.86. The summed E-state index contributed by atoms with van der Waals surface area (Å²) >= 11 is 6.43. The molecule has 2 rings (SSSR count). The Morgan fingerprint density at radius 1 is 1.43 bits per heavy atom. The van der Waals surface area contributed by atoms with E-state index in [4.69, 9.17) is 12.2 Å². The highest BCUT2D eigenvalue weighted by atomic mass is 32.2. The van der Waals surface area contributed by atoms with Crippen LogP contribution in [0.15, 0.2) is 41.8 Å². The molecule has 1 heterocycles. The Hall–Kier alpha value is -1.92. The van der Waals surface area contributed by atoms with E-state index in [9.17, 15) is 9.59 Å². The predicted molar refractivity (Wildman–Crippen MR) is 87.9 cm³/mol. The Morgan fingerprint density at radius 2 is 2.10 bits per heavy atom. The van der Waals surface area contributed by atoms with Gasteiger partial charge in [0.05, 0.1) is 17.6 Å². The topological polar surface area (TPSA) is 46.6 Å². The van der Waals surface area contributed by atoms with E-state index in [0.29, 0.717) is 21.3 Å². The number of carbonyl (C=O) groups is 2. The molecule has 6 heteroatoms. The number of thiocarbonyl (C=S) groups is 1. The number of carbonyl (C=O) groups excluding carboxylic acids is 2. The van der Waals surface area contributed by atoms with Crippen LogP contribution in [-0.4, -0.2) is 34.8 Å². The number of nitrogens with zero attached hydrogens (tertiary/aromatic N) is 1. The molecule has 0 spiro atoms. The van der Waals surface area contributed by atoms with Crippen LogP contribution in [0.2, 0.25) is 0 Å². The Balaban J connectivity index is 2.20. The number of hydrogen-bond acceptors (Lipinski definition) is 5. The van der Waals surface area contributed by atoms with Gasteiger partial charge in [-0.05, 0) is 23.8 Å². The van der Waals surface area contributed by atoms with Gasteiger partial charge < -0.3 is 4.74 Å². The molecule has 1 aliphatic rings. The van der Waals surface area contributed by atoms with Crippen LogP contribution in [0.25, 0.3) is 6.08 Å². The normalized spacial score (nSPS) is 16.4. The molecular weight excluding hydrogens is 306 g/mol. The molecule has 108 valence electrons. The number of hydrogen-bond donors (Lipinski definition) is 0. The molecule has 0 saturated carbocycles. The molecule has 1 aromatic carbocycles. The van der Waals surface area contributed by atoms with Gasteiger partial charge in [0, 0.05) is 6.54 Å². The van der Waals surface area contributed by atoms with Crippen molar-refractivity contribution >= 4 is 46.3 Å². The summed E-state index contributed by atoms with van der Waals surface area (Å²) in [6, 6.07) is 6.82. The first kappa shape index (κ1) is 15.5. The second-order valence-electron chi connectivity index (χ2n) is 4.19. The maximum atomic E-state index is 12.2. The van der Waals surface area contributed by atoms with E-state index < -0.39 is 0 Å². The number of rotatable bonds is 4. The van der Waals surface area contributed by atoms with Gasteiger partial charge in [0.2, 0.25) is 0 Å². The number of amides is 1. The Labute approximate surface area is 132 Å². The molecular formula is C15H13NO3S2. The molecule has 1 aliphatic heterocycles. The van der Waals surface area contributed by atoms with E-state index in [-0.39, 0.29) is 11.9 Å². The molecule has 0 unspecified atom stereocenters. The smallest absolute Gasteiger partial charge is 0.337 e. The van der Waals surface area contributed by atoms with Crippen molar-refractivity contribution in [3.63, 3.8) is 0 Å². The van der Waals surface area contributed by atoms with Crippen LogP contribution in [0.4, 0.5) is 0 Å². The number of thioether (sulfide) groups is 1. The quantitative estimate of drug-likeness (QED) is 0.370. The van der Waals surface area contributed by atoms with Gasteiger partial charge in [-0.15, -0.1) is 6.58 Å². The Morgan fingerprint density at radius 3 is 2.67 bits per heavy atom. The molecule has 21 heavy (non-hydrogen) atoms. The molecule has 1 aromatic rings. The van der Waals surface area contributed by atoms with Gasteiger partial charge in [-0.3, -0.25) is 9.69 Å². The zero-order valence-electron chi connectivity index (χ0n) is 11.4. The fraction of sp³-hybridized carbons (Fsp3) is 0.133. The zero-order chi connectivity index (χ0) is 15.4. The summed E-state index contributed by atoms with van der Waals surface area (Å²) in [7, 11) is 1.33. The molecule has 0 radical (unpaired) electrons. The third kappa shape index (κ3) is 3.40. The van der Waals surface area contributed by atoms with E-state index in [2.05, 4.69) is 11.3 Å². The third-order valence-corrected chi connectivity index (χ3v) is 4.19. The van der Waals surface area contributed by atoms with Gasteiger partial charge in [-0.1, -0.05) is 42.2 Å². The van der Waals surface area contributed by atoms with Gasteiger partial charge in [0.15, 0.2) is 0 Å². The minimum Gasteiger partial charge on any atom is -0.465 e. The van der Waals surface area contributed by atoms with Crippen LogP contribution in [0.1, 0.15) is 15.9 Å². The first-order valence-electron chi connectivity index (χ1n) is 6.11. The molecule has 0 aliphatic carbocycles. The molecule has 4 nitrogen and oxygen atoms in total. The summed E-state index contributed by atoms with van der Waals surface area (Å²) < 4.78 is 5.16. The maximum absolute atomic E-state index is 12.2. The molecule has 1 saturated heterocycles. The SMILES string of the molecule is C=CCN1C(=O)C(=Cc2ccc(C(=O)OC)cc2)SC1=S. The van der Waals surface area contributed by atoms with E-state index in [1.807, 2.05) is 0 Å². The van der Waals surface area contributed by atoms with Crippen molar-refractivity contribution in [3.05, 3.63) is 53.0 Å². The van der Waals surface area contributed by atoms with Crippen molar-refractivity contribution in [2.24, 2.45) is 0 Å². The van der Waals surface area contributed by atoms with Crippen LogP contribution in [0.3, 0.4) is 0 Å². The minimum atomic E-state index is -0.390. The van der Waals surface area contributed by atoms with Gasteiger partial charge in [0.25, 0.3) is 5.91 Å². The third-order valence-electron chi connectivity index (χ3n) is 2.81. The van der Waals surface area contributed by atoms with E-state index in [1.165, 1.54) is 23.8 Å². The lowest BCUT2D eigenvalue weighted by atomic mass is 10.1. The summed E-state index contributed by atoms with van der Waals surface area (Å²) in [6.07, 6.45) is 3.39. The first-order chi connectivity index (χ1) is 10.1. The summed E-state index contributed by atoms with van der Waals surface area (Å²) in [5, 5.41) is 0. The standard InChI is InChI=1S/C15H13NO3S2/c1-3-8-16-13(17)12(21-15(16)20)9-10-4-6-11(7-5-10)14(18)19-2/h3-7,9H,1,8H2,2H3. The van der Waals surface area contributed by atoms with Crippen LogP contribution in [0.5, 0.6) is 0 Å². The van der Waals surface area contributed by atoms with Gasteiger partial charge in [-0.25, -0.2) is 4.79 Å². The number of esters is 1. The molecule has 1 amide bonds. The molecule has 0 N–H and O–H groups in total. The van der Waals surface area contributed by atoms with Crippen LogP contribution in [0, 0.1) is 0 Å². The van der Waals surface area contributed by atoms with Crippen molar-refractivity contribution in [3.8, 4) is 0 Å². The summed E-state index contributed by atoms with van der Waals surface area (Å²) in [6.45, 7) is 4.02. The highest BCUT2D eigenvalue weighted by Crippen LogP contribution is 2.32. The minimum absolute atomic E-state index is 0.123. The monoisotopic (exact) mass is 319 g/mol. The van der Waals surface area contributed by atoms with Crippen molar-refractivity contribution in [2.75, 3.05) is 13.7 Å². The lowest BCUT2D eigenvalue weighted by molar-refractivity contribution is -0.121. The Kier molecular flexibility index (Phi) is 4.93. The molecule has 0 aromatic heterocycles. The average Bonchev–Trinajstić information content (AvgIpc) is 2.75. The van der Waals surface area contributed by atoms with E-state index >= 15 is 0 Å². The van der Waals surface area contributed by atoms with E-state index in [1.54, 1.807) is 36.4 Å². The largest absolute Gasteiger partial charge is 0.465 e. The zero-order valence-corrected chi connectivity index (χ0v) is 13.0. The second-order valence-corrected chi connectivity index (χ2v) is 5.87. The van der Waals surface area contributed by atoms with Gasteiger partial charge in [-0.2, -0.15) is 0 Å². The van der Waals surface area contributed by atoms with Gasteiger partial charge in [0.1, 0.15) is 4.32 Å². The van der Waals surface area contributed by atoms with Crippen LogP contribution in [-0.2, 0) is 9.53 Å². The lowest BCUT2D eigenvalue weighted by Crippen LogP contribution is -2.27. The van der Waals surface area contributed by atoms with Crippen molar-refractivity contribution in [1.82, 2.24) is 4.90 Å². The average molecular weight is 319 g/mol. The summed E-state index contributed by atoms with van der Waals surface area (Å²) in [4.78, 5) is 25.6. The second kappa shape index (κ2) is 6.69. The Bertz CT molecular complexity index is 635. The van der Waals surface area contributed by atoms with Crippen LogP contribution < -0.4 is 0 Å². The number of ether oxygens (including phenoxy) is 1. The van der Waals surface area contributed by atoms with Crippen molar-refractivity contribution in [2.45, 2.75) is 0 Å². The van der Waals surface area contributed by atoms with Crippen molar-refractivity contribution < 1.29 is 14.3 Å². The van der Waals surface area contributed by atoms with Gasteiger partial charge >= 0.3 is 5.97 Å². The molecule has 1 fully saturated rings. The highest BCUT2D eigenvalue weighted by molar-refractivity contribution is 8.26. The highest BCUT2D eigenvalue weighted by Gasteiger charge is 2.30. The fourth-order valence-electron chi connectivity index (χ4n) is 1.77. The number of methoxy groups -OCH3 is 1. The number of benzene rings is 1. The molecule has 0 atom stereocenters. The van der Waals surface area contributed by atoms with E-state index in [0.717, 1.165) is 5.56 Å².